The Morgan fingerprint density at radius 1 is 1.19 bits per heavy atom. The number of rotatable bonds is 6. The Balaban J connectivity index is 1.89. The van der Waals surface area contributed by atoms with Crippen LogP contribution in [0.1, 0.15) is 18.1 Å². The number of ether oxygens (including phenoxy) is 1. The van der Waals surface area contributed by atoms with Crippen molar-refractivity contribution in [2.24, 2.45) is 0 Å². The number of hydrogen-bond acceptors (Lipinski definition) is 4. The Morgan fingerprint density at radius 2 is 2.05 bits per heavy atom. The molecule has 0 saturated heterocycles. The van der Waals surface area contributed by atoms with Gasteiger partial charge >= 0.3 is 0 Å². The maximum absolute atomic E-state index is 6.30. The van der Waals surface area contributed by atoms with Crippen LogP contribution in [0, 0.1) is 0 Å². The Labute approximate surface area is 128 Å². The zero-order valence-corrected chi connectivity index (χ0v) is 12.8. The van der Waals surface area contributed by atoms with Gasteiger partial charge in [0.2, 0.25) is 0 Å². The first-order valence-electron chi connectivity index (χ1n) is 7.07. The van der Waals surface area contributed by atoms with E-state index in [1.165, 1.54) is 5.56 Å². The van der Waals surface area contributed by atoms with Gasteiger partial charge in [-0.25, -0.2) is 0 Å². The average molecular weight is 298 g/mol. The van der Waals surface area contributed by atoms with Gasteiger partial charge in [0, 0.05) is 18.7 Å². The van der Waals surface area contributed by atoms with Crippen molar-refractivity contribution in [3.05, 3.63) is 59.6 Å². The molecule has 2 aromatic heterocycles. The van der Waals surface area contributed by atoms with Crippen LogP contribution in [0.2, 0.25) is 0 Å². The van der Waals surface area contributed by atoms with E-state index in [9.17, 15) is 0 Å². The molecule has 0 aliphatic rings. The zero-order valence-electron chi connectivity index (χ0n) is 12.0. The topological polar surface area (TPSA) is 34.1 Å². The van der Waals surface area contributed by atoms with Gasteiger partial charge in [0.1, 0.15) is 11.9 Å². The first kappa shape index (κ1) is 14.0. The van der Waals surface area contributed by atoms with Gasteiger partial charge in [-0.3, -0.25) is 4.98 Å². The van der Waals surface area contributed by atoms with E-state index in [1.807, 2.05) is 31.4 Å². The quantitative estimate of drug-likeness (QED) is 0.746. The summed E-state index contributed by atoms with van der Waals surface area (Å²) in [7, 11) is 1.96. The molecular weight excluding hydrogens is 280 g/mol. The minimum Gasteiger partial charge on any atom is -0.484 e. The fraction of sp³-hybridized carbons (Fsp3) is 0.235. The lowest BCUT2D eigenvalue weighted by molar-refractivity contribution is 0.198. The van der Waals surface area contributed by atoms with Crippen molar-refractivity contribution in [2.45, 2.75) is 12.5 Å². The van der Waals surface area contributed by atoms with Crippen LogP contribution in [0.3, 0.4) is 0 Å². The number of nitrogens with zero attached hydrogens (tertiary/aromatic N) is 1. The van der Waals surface area contributed by atoms with Crippen molar-refractivity contribution >= 4 is 21.6 Å². The molecule has 1 aromatic carbocycles. The summed E-state index contributed by atoms with van der Waals surface area (Å²) in [5.41, 5.74) is 2.20. The second-order valence-corrected chi connectivity index (χ2v) is 5.77. The Kier molecular flexibility index (Phi) is 4.48. The minimum absolute atomic E-state index is 0.0475. The fourth-order valence-electron chi connectivity index (χ4n) is 2.33. The number of hydrogen-bond donors (Lipinski definition) is 1. The van der Waals surface area contributed by atoms with Crippen molar-refractivity contribution in [3.63, 3.8) is 0 Å². The molecule has 108 valence electrons. The summed E-state index contributed by atoms with van der Waals surface area (Å²) in [6.07, 6.45) is 2.78. The third-order valence-corrected chi connectivity index (χ3v) is 4.32. The summed E-state index contributed by atoms with van der Waals surface area (Å²) in [6, 6.07) is 14.4. The van der Waals surface area contributed by atoms with Gasteiger partial charge < -0.3 is 10.1 Å². The summed E-state index contributed by atoms with van der Waals surface area (Å²) in [6.45, 7) is 0.915. The summed E-state index contributed by atoms with van der Waals surface area (Å²) >= 11 is 1.67. The van der Waals surface area contributed by atoms with Gasteiger partial charge in [-0.15, -0.1) is 11.3 Å². The lowest BCUT2D eigenvalue weighted by atomic mass is 10.1. The molecule has 3 nitrogen and oxygen atoms in total. The Morgan fingerprint density at radius 3 is 2.86 bits per heavy atom. The second kappa shape index (κ2) is 6.70. The van der Waals surface area contributed by atoms with Crippen LogP contribution in [0.5, 0.6) is 5.75 Å². The van der Waals surface area contributed by atoms with E-state index < -0.39 is 0 Å². The maximum Gasteiger partial charge on any atom is 0.141 e. The third kappa shape index (κ3) is 3.23. The molecule has 3 rings (SSSR count). The largest absolute Gasteiger partial charge is 0.484 e. The highest BCUT2D eigenvalue weighted by atomic mass is 32.1. The number of aromatic nitrogens is 1. The van der Waals surface area contributed by atoms with E-state index in [1.54, 1.807) is 11.3 Å². The summed E-state index contributed by atoms with van der Waals surface area (Å²) in [4.78, 5) is 4.36. The predicted molar refractivity (Wildman–Crippen MR) is 88.0 cm³/mol. The fourth-order valence-corrected chi connectivity index (χ4v) is 3.14. The van der Waals surface area contributed by atoms with Crippen molar-refractivity contribution in [3.8, 4) is 5.75 Å². The SMILES string of the molecule is CNCC[C@H](Oc1ccnc2ccsc12)c1ccccc1. The molecule has 0 spiro atoms. The van der Waals surface area contributed by atoms with Gasteiger partial charge in [-0.1, -0.05) is 30.3 Å². The van der Waals surface area contributed by atoms with Crippen molar-refractivity contribution < 1.29 is 4.74 Å². The van der Waals surface area contributed by atoms with Gasteiger partial charge in [0.05, 0.1) is 10.2 Å². The van der Waals surface area contributed by atoms with E-state index in [0.717, 1.165) is 28.9 Å². The molecule has 1 atom stereocenters. The normalized spacial score (nSPS) is 12.4. The average Bonchev–Trinajstić information content (AvgIpc) is 3.01. The second-order valence-electron chi connectivity index (χ2n) is 4.85. The molecule has 4 heteroatoms. The van der Waals surface area contributed by atoms with Crippen molar-refractivity contribution in [1.29, 1.82) is 0 Å². The number of fused-ring (bicyclic) bond motifs is 1. The lowest BCUT2D eigenvalue weighted by Crippen LogP contribution is -2.16. The van der Waals surface area contributed by atoms with E-state index in [0.29, 0.717) is 0 Å². The van der Waals surface area contributed by atoms with Crippen LogP contribution in [-0.2, 0) is 0 Å². The van der Waals surface area contributed by atoms with E-state index in [4.69, 9.17) is 4.74 Å². The first-order valence-corrected chi connectivity index (χ1v) is 7.95. The molecule has 0 amide bonds. The molecule has 0 aliphatic carbocycles. The monoisotopic (exact) mass is 298 g/mol. The number of nitrogens with one attached hydrogen (secondary N) is 1. The van der Waals surface area contributed by atoms with Crippen molar-refractivity contribution in [1.82, 2.24) is 10.3 Å². The standard InChI is InChI=1S/C17H18N2OS/c1-18-10-7-15(13-5-3-2-4-6-13)20-16-8-11-19-14-9-12-21-17(14)16/h2-6,8-9,11-12,15,18H,7,10H2,1H3/t15-/m0/s1. The number of benzene rings is 1. The Hall–Kier alpha value is -1.91. The molecule has 0 radical (unpaired) electrons. The smallest absolute Gasteiger partial charge is 0.141 e. The molecule has 1 N–H and O–H groups in total. The van der Waals surface area contributed by atoms with Gasteiger partial charge in [0.15, 0.2) is 0 Å². The molecule has 21 heavy (non-hydrogen) atoms. The van der Waals surface area contributed by atoms with Crippen LogP contribution in [-0.4, -0.2) is 18.6 Å². The van der Waals surface area contributed by atoms with Crippen LogP contribution in [0.15, 0.2) is 54.0 Å². The minimum atomic E-state index is 0.0475. The van der Waals surface area contributed by atoms with Gasteiger partial charge in [-0.2, -0.15) is 0 Å². The highest BCUT2D eigenvalue weighted by molar-refractivity contribution is 7.17. The van der Waals surface area contributed by atoms with Crippen LogP contribution in [0.4, 0.5) is 0 Å². The van der Waals surface area contributed by atoms with Crippen LogP contribution < -0.4 is 10.1 Å². The molecular formula is C17H18N2OS. The maximum atomic E-state index is 6.30. The van der Waals surface area contributed by atoms with Crippen LogP contribution >= 0.6 is 11.3 Å². The summed E-state index contributed by atoms with van der Waals surface area (Å²) < 4.78 is 7.42. The Bertz CT molecular complexity index is 696. The first-order chi connectivity index (χ1) is 10.4. The third-order valence-electron chi connectivity index (χ3n) is 3.40. The van der Waals surface area contributed by atoms with E-state index >= 15 is 0 Å². The lowest BCUT2D eigenvalue weighted by Gasteiger charge is -2.20. The highest BCUT2D eigenvalue weighted by Crippen LogP contribution is 2.33. The molecule has 3 aromatic rings. The van der Waals surface area contributed by atoms with Crippen LogP contribution in [0.25, 0.3) is 10.2 Å². The predicted octanol–water partition coefficient (Wildman–Crippen LogP) is 4.03. The highest BCUT2D eigenvalue weighted by Gasteiger charge is 2.15. The van der Waals surface area contributed by atoms with E-state index in [-0.39, 0.29) is 6.10 Å². The zero-order chi connectivity index (χ0) is 14.5. The van der Waals surface area contributed by atoms with E-state index in [2.05, 4.69) is 39.9 Å². The van der Waals surface area contributed by atoms with Gasteiger partial charge in [-0.05, 0) is 30.6 Å². The summed E-state index contributed by atoms with van der Waals surface area (Å²) in [5.74, 6) is 0.917. The molecule has 0 saturated carbocycles. The molecule has 2 heterocycles. The molecule has 0 aliphatic heterocycles. The summed E-state index contributed by atoms with van der Waals surface area (Å²) in [5, 5.41) is 5.25. The number of pyridine rings is 1. The molecule has 0 unspecified atom stereocenters. The molecule has 0 fully saturated rings. The van der Waals surface area contributed by atoms with Gasteiger partial charge in [0.25, 0.3) is 0 Å². The number of thiophene rings is 1. The molecule has 0 bridgehead atoms. The van der Waals surface area contributed by atoms with Crippen molar-refractivity contribution in [2.75, 3.05) is 13.6 Å².